The van der Waals surface area contributed by atoms with Crippen molar-refractivity contribution in [3.05, 3.63) is 252 Å². The van der Waals surface area contributed by atoms with E-state index in [2.05, 4.69) is 252 Å². The third-order valence-electron chi connectivity index (χ3n) is 14.2. The summed E-state index contributed by atoms with van der Waals surface area (Å²) >= 11 is 0. The van der Waals surface area contributed by atoms with Crippen molar-refractivity contribution >= 4 is 50.2 Å². The fraction of sp³-hybridized carbons (Fsp3) is 0.143. The number of hydrogen-bond donors (Lipinski definition) is 0. The Morgan fingerprint density at radius 2 is 1.15 bits per heavy atom. The summed E-state index contributed by atoms with van der Waals surface area (Å²) in [5, 5.41) is 2.51. The lowest BCUT2D eigenvalue weighted by Gasteiger charge is -2.39. The minimum absolute atomic E-state index is 0.316. The molecule has 1 aliphatic heterocycles. The lowest BCUT2D eigenvalue weighted by molar-refractivity contribution is 0.612. The molecule has 1 aromatic heterocycles. The molecule has 2 heterocycles. The Labute approximate surface area is 390 Å². The molecule has 0 atom stereocenters. The molecule has 0 amide bonds. The summed E-state index contributed by atoms with van der Waals surface area (Å²) < 4.78 is 2.56. The van der Waals surface area contributed by atoms with Crippen molar-refractivity contribution in [3.8, 4) is 16.8 Å². The topological polar surface area (TPSA) is 11.4 Å². The standard InChI is InChI=1S/C63H57N3/c1-10-25-45(11-2)64(46-27-15-12-16-28-46)49-37-53(51-33-22-21-26-42(51)3)44(5)56(39-49)62(6,7)55-41-60-57(36-43(55)4)63(8,9)58-40-50(38-54-52-34-23-24-35-59(52)66(60)61(54)58)65(47-29-17-13-18-30-47)48-31-19-14-20-32-48/h10-41H,1-2H2,3-9H3/b45-25+. The van der Waals surface area contributed by atoms with Gasteiger partial charge in [0.05, 0.1) is 16.7 Å². The summed E-state index contributed by atoms with van der Waals surface area (Å²) in [4.78, 5) is 4.71. The maximum atomic E-state index is 4.27. The second-order valence-electron chi connectivity index (χ2n) is 18.9. The molecule has 10 rings (SSSR count). The fourth-order valence-corrected chi connectivity index (χ4v) is 10.9. The Bertz CT molecular complexity index is 3330. The van der Waals surface area contributed by atoms with Gasteiger partial charge in [0.2, 0.25) is 0 Å². The lowest BCUT2D eigenvalue weighted by atomic mass is 9.69. The maximum absolute atomic E-state index is 4.27. The predicted octanol–water partition coefficient (Wildman–Crippen LogP) is 17.2. The molecule has 9 aromatic rings. The van der Waals surface area contributed by atoms with Gasteiger partial charge in [-0.05, 0) is 156 Å². The van der Waals surface area contributed by atoms with Crippen LogP contribution in [0.2, 0.25) is 0 Å². The molecule has 0 saturated heterocycles. The number of aromatic nitrogens is 1. The number of benzene rings is 8. The molecule has 3 nitrogen and oxygen atoms in total. The molecular formula is C63H57N3. The van der Waals surface area contributed by atoms with Gasteiger partial charge in [-0.3, -0.25) is 0 Å². The van der Waals surface area contributed by atoms with E-state index >= 15 is 0 Å². The molecule has 0 bridgehead atoms. The van der Waals surface area contributed by atoms with E-state index in [0.29, 0.717) is 0 Å². The zero-order valence-electron chi connectivity index (χ0n) is 39.2. The number of allylic oxidation sites excluding steroid dienone is 3. The minimum Gasteiger partial charge on any atom is -0.310 e. The molecule has 8 aromatic carbocycles. The first kappa shape index (κ1) is 42.3. The fourth-order valence-electron chi connectivity index (χ4n) is 10.9. The molecule has 3 heteroatoms. The van der Waals surface area contributed by atoms with Gasteiger partial charge in [0.1, 0.15) is 0 Å². The zero-order valence-corrected chi connectivity index (χ0v) is 39.2. The maximum Gasteiger partial charge on any atom is 0.0583 e. The molecular weight excluding hydrogens is 799 g/mol. The first-order valence-electron chi connectivity index (χ1n) is 23.1. The van der Waals surface area contributed by atoms with Gasteiger partial charge in [-0.1, -0.05) is 150 Å². The molecule has 0 spiro atoms. The summed E-state index contributed by atoms with van der Waals surface area (Å²) in [6.45, 7) is 24.9. The van der Waals surface area contributed by atoms with Crippen LogP contribution >= 0.6 is 0 Å². The number of fused-ring (bicyclic) bond motifs is 5. The molecule has 66 heavy (non-hydrogen) atoms. The van der Waals surface area contributed by atoms with Crippen molar-refractivity contribution in [2.24, 2.45) is 0 Å². The van der Waals surface area contributed by atoms with Gasteiger partial charge in [-0.2, -0.15) is 0 Å². The highest BCUT2D eigenvalue weighted by atomic mass is 15.2. The summed E-state index contributed by atoms with van der Waals surface area (Å²) in [6.07, 6.45) is 5.80. The predicted molar refractivity (Wildman–Crippen MR) is 283 cm³/mol. The number of para-hydroxylation sites is 4. The molecule has 0 unspecified atom stereocenters. The number of anilines is 5. The highest BCUT2D eigenvalue weighted by molar-refractivity contribution is 6.13. The van der Waals surface area contributed by atoms with Crippen LogP contribution < -0.4 is 9.80 Å². The van der Waals surface area contributed by atoms with E-state index in [1.54, 1.807) is 0 Å². The Hall–Kier alpha value is -7.62. The van der Waals surface area contributed by atoms with E-state index in [-0.39, 0.29) is 5.41 Å². The van der Waals surface area contributed by atoms with Crippen LogP contribution in [0.25, 0.3) is 38.6 Å². The van der Waals surface area contributed by atoms with Gasteiger partial charge < -0.3 is 14.4 Å². The average molecular weight is 856 g/mol. The highest BCUT2D eigenvalue weighted by Crippen LogP contribution is 2.52. The third kappa shape index (κ3) is 6.81. The van der Waals surface area contributed by atoms with Crippen LogP contribution in [0.1, 0.15) is 66.6 Å². The molecule has 0 fully saturated rings. The van der Waals surface area contributed by atoms with Crippen LogP contribution in [0.3, 0.4) is 0 Å². The molecule has 0 saturated carbocycles. The van der Waals surface area contributed by atoms with Crippen LogP contribution in [-0.4, -0.2) is 4.57 Å². The van der Waals surface area contributed by atoms with Gasteiger partial charge >= 0.3 is 0 Å². The summed E-state index contributed by atoms with van der Waals surface area (Å²) in [5.41, 5.74) is 20.9. The Morgan fingerprint density at radius 1 is 0.545 bits per heavy atom. The van der Waals surface area contributed by atoms with Crippen molar-refractivity contribution in [1.29, 1.82) is 0 Å². The zero-order chi connectivity index (χ0) is 45.9. The van der Waals surface area contributed by atoms with Gasteiger partial charge in [0, 0.05) is 55.7 Å². The van der Waals surface area contributed by atoms with Crippen molar-refractivity contribution in [2.75, 3.05) is 9.80 Å². The highest BCUT2D eigenvalue weighted by Gasteiger charge is 2.39. The van der Waals surface area contributed by atoms with Crippen LogP contribution in [0.15, 0.2) is 213 Å². The summed E-state index contributed by atoms with van der Waals surface area (Å²) in [6, 6.07) is 64.5. The molecule has 0 radical (unpaired) electrons. The molecule has 0 aliphatic carbocycles. The third-order valence-corrected chi connectivity index (χ3v) is 14.2. The second kappa shape index (κ2) is 16.4. The Kier molecular flexibility index (Phi) is 10.5. The van der Waals surface area contributed by atoms with Gasteiger partial charge in [-0.25, -0.2) is 0 Å². The van der Waals surface area contributed by atoms with Crippen LogP contribution in [0.4, 0.5) is 28.4 Å². The van der Waals surface area contributed by atoms with Gasteiger partial charge in [0.25, 0.3) is 0 Å². The van der Waals surface area contributed by atoms with Crippen molar-refractivity contribution in [3.63, 3.8) is 0 Å². The number of aryl methyl sites for hydroxylation is 2. The Balaban J connectivity index is 1.22. The number of hydrogen-bond acceptors (Lipinski definition) is 2. The average Bonchev–Trinajstić information content (AvgIpc) is 3.66. The first-order valence-corrected chi connectivity index (χ1v) is 23.1. The summed E-state index contributed by atoms with van der Waals surface area (Å²) in [5.74, 6) is 0. The van der Waals surface area contributed by atoms with E-state index < -0.39 is 5.41 Å². The van der Waals surface area contributed by atoms with Gasteiger partial charge in [0.15, 0.2) is 0 Å². The van der Waals surface area contributed by atoms with Crippen LogP contribution in [-0.2, 0) is 10.8 Å². The van der Waals surface area contributed by atoms with Crippen molar-refractivity contribution in [2.45, 2.75) is 59.3 Å². The van der Waals surface area contributed by atoms with Crippen LogP contribution in [0.5, 0.6) is 0 Å². The lowest BCUT2D eigenvalue weighted by Crippen LogP contribution is -2.29. The molecule has 0 N–H and O–H groups in total. The quantitative estimate of drug-likeness (QED) is 0.120. The number of rotatable bonds is 11. The van der Waals surface area contributed by atoms with E-state index in [9.17, 15) is 0 Å². The number of nitrogens with zero attached hydrogens (tertiary/aromatic N) is 3. The van der Waals surface area contributed by atoms with Crippen molar-refractivity contribution in [1.82, 2.24) is 4.57 Å². The van der Waals surface area contributed by atoms with Crippen LogP contribution in [0, 0.1) is 20.8 Å². The van der Waals surface area contributed by atoms with Gasteiger partial charge in [-0.15, -0.1) is 0 Å². The van der Waals surface area contributed by atoms with E-state index in [1.165, 1.54) is 77.6 Å². The molecule has 1 aliphatic rings. The SMILES string of the molecule is C=C/C=C(\C=C)N(c1ccccc1)c1cc(-c2ccccc2C)c(C)c(C(C)(C)c2cc3c(cc2C)C(C)(C)c2cc(N(c4ccccc4)c4ccccc4)cc4c5ccccc5n-3c24)c1. The largest absolute Gasteiger partial charge is 0.310 e. The Morgan fingerprint density at radius 3 is 1.79 bits per heavy atom. The normalized spacial score (nSPS) is 13.1. The van der Waals surface area contributed by atoms with E-state index in [0.717, 1.165) is 34.1 Å². The second-order valence-corrected chi connectivity index (χ2v) is 18.9. The molecule has 324 valence electrons. The van der Waals surface area contributed by atoms with E-state index in [4.69, 9.17) is 0 Å². The van der Waals surface area contributed by atoms with E-state index in [1.807, 2.05) is 18.2 Å². The first-order chi connectivity index (χ1) is 31.9. The smallest absolute Gasteiger partial charge is 0.0583 e. The minimum atomic E-state index is -0.419. The summed E-state index contributed by atoms with van der Waals surface area (Å²) in [7, 11) is 0. The monoisotopic (exact) mass is 855 g/mol. The van der Waals surface area contributed by atoms with Crippen molar-refractivity contribution < 1.29 is 0 Å².